The van der Waals surface area contributed by atoms with Gasteiger partial charge in [0, 0.05) is 13.1 Å². The van der Waals surface area contributed by atoms with Crippen molar-refractivity contribution in [2.24, 2.45) is 0 Å². The molecule has 2 amide bonds. The number of nitrogens with one attached hydrogen (secondary N) is 1. The molecule has 2 rings (SSSR count). The Bertz CT molecular complexity index is 696. The molecule has 124 valence electrons. The Balaban J connectivity index is 1.97. The first-order valence-electron chi connectivity index (χ1n) is 7.42. The molecule has 0 atom stereocenters. The van der Waals surface area contributed by atoms with Crippen LogP contribution in [0.5, 0.6) is 0 Å². The van der Waals surface area contributed by atoms with Gasteiger partial charge in [0.1, 0.15) is 0 Å². The molecule has 6 heteroatoms. The molecular formula is C18H17F2N3O. The van der Waals surface area contributed by atoms with E-state index in [0.717, 1.165) is 16.0 Å². The molecule has 0 saturated heterocycles. The van der Waals surface area contributed by atoms with Crippen LogP contribution in [-0.4, -0.2) is 23.9 Å². The fourth-order valence-corrected chi connectivity index (χ4v) is 2.18. The molecule has 0 bridgehead atoms. The van der Waals surface area contributed by atoms with Crippen molar-refractivity contribution in [2.75, 3.05) is 6.54 Å². The third-order valence-electron chi connectivity index (χ3n) is 3.39. The maximum absolute atomic E-state index is 12.7. The summed E-state index contributed by atoms with van der Waals surface area (Å²) in [6, 6.07) is 17.2. The molecule has 0 unspecified atom stereocenters. The smallest absolute Gasteiger partial charge is 0.318 e. The second-order valence-corrected chi connectivity index (χ2v) is 5.22. The monoisotopic (exact) mass is 329 g/mol. The zero-order chi connectivity index (χ0) is 17.4. The van der Waals surface area contributed by atoms with Crippen molar-refractivity contribution in [3.05, 3.63) is 71.3 Å². The van der Waals surface area contributed by atoms with Gasteiger partial charge >= 0.3 is 6.03 Å². The number of amides is 2. The van der Waals surface area contributed by atoms with E-state index in [1.54, 1.807) is 48.5 Å². The lowest BCUT2D eigenvalue weighted by atomic mass is 10.1. The average Bonchev–Trinajstić information content (AvgIpc) is 2.60. The van der Waals surface area contributed by atoms with Crippen LogP contribution in [0.25, 0.3) is 0 Å². The van der Waals surface area contributed by atoms with Crippen LogP contribution in [0.1, 0.15) is 16.7 Å². The molecule has 0 heterocycles. The first-order valence-corrected chi connectivity index (χ1v) is 7.42. The number of carbonyl (C=O) groups excluding carboxylic acids is 1. The highest BCUT2D eigenvalue weighted by Crippen LogP contribution is 2.08. The standard InChI is InChI=1S/C18H17F2N3O/c19-17(20)13-23(12-16-4-2-1-3-5-16)18(24)22-11-15-8-6-14(10-21)7-9-15/h1-9,17H,11-13H2,(H,22,24). The minimum atomic E-state index is -2.60. The number of nitriles is 1. The summed E-state index contributed by atoms with van der Waals surface area (Å²) in [6.45, 7) is -0.308. The van der Waals surface area contributed by atoms with E-state index in [4.69, 9.17) is 5.26 Å². The first kappa shape index (κ1) is 17.4. The summed E-state index contributed by atoms with van der Waals surface area (Å²) in [5, 5.41) is 11.4. The normalized spacial score (nSPS) is 10.2. The Morgan fingerprint density at radius 3 is 2.33 bits per heavy atom. The molecule has 2 aromatic rings. The van der Waals surface area contributed by atoms with E-state index < -0.39 is 19.0 Å². The number of hydrogen-bond acceptors (Lipinski definition) is 2. The molecule has 0 spiro atoms. The van der Waals surface area contributed by atoms with Gasteiger partial charge in [-0.05, 0) is 23.3 Å². The van der Waals surface area contributed by atoms with Crippen LogP contribution in [0.3, 0.4) is 0 Å². The number of hydrogen-bond donors (Lipinski definition) is 1. The third-order valence-corrected chi connectivity index (χ3v) is 3.39. The molecule has 0 aliphatic rings. The zero-order valence-corrected chi connectivity index (χ0v) is 13.0. The van der Waals surface area contributed by atoms with Crippen molar-refractivity contribution in [1.82, 2.24) is 10.2 Å². The topological polar surface area (TPSA) is 56.1 Å². The van der Waals surface area contributed by atoms with Gasteiger partial charge in [0.05, 0.1) is 18.2 Å². The predicted octanol–water partition coefficient (Wildman–Crippen LogP) is 3.54. The number of alkyl halides is 2. The maximum atomic E-state index is 12.7. The summed E-state index contributed by atoms with van der Waals surface area (Å²) >= 11 is 0. The highest BCUT2D eigenvalue weighted by molar-refractivity contribution is 5.74. The average molecular weight is 329 g/mol. The van der Waals surface area contributed by atoms with Gasteiger partial charge < -0.3 is 10.2 Å². The molecule has 0 aliphatic carbocycles. The Kier molecular flexibility index (Phi) is 6.26. The number of nitrogens with zero attached hydrogens (tertiary/aromatic N) is 2. The second kappa shape index (κ2) is 8.63. The Labute approximate surface area is 139 Å². The van der Waals surface area contributed by atoms with E-state index in [1.807, 2.05) is 12.1 Å². The van der Waals surface area contributed by atoms with E-state index in [2.05, 4.69) is 5.32 Å². The van der Waals surface area contributed by atoms with Crippen LogP contribution in [0.2, 0.25) is 0 Å². The highest BCUT2D eigenvalue weighted by atomic mass is 19.3. The fraction of sp³-hybridized carbons (Fsp3) is 0.222. The Morgan fingerprint density at radius 2 is 1.75 bits per heavy atom. The second-order valence-electron chi connectivity index (χ2n) is 5.22. The minimum Gasteiger partial charge on any atom is -0.334 e. The number of benzene rings is 2. The van der Waals surface area contributed by atoms with E-state index in [-0.39, 0.29) is 13.1 Å². The van der Waals surface area contributed by atoms with Gasteiger partial charge in [0.25, 0.3) is 6.43 Å². The lowest BCUT2D eigenvalue weighted by Crippen LogP contribution is -2.41. The van der Waals surface area contributed by atoms with Crippen LogP contribution < -0.4 is 5.32 Å². The van der Waals surface area contributed by atoms with Crippen molar-refractivity contribution < 1.29 is 13.6 Å². The number of carbonyl (C=O) groups is 1. The fourth-order valence-electron chi connectivity index (χ4n) is 2.18. The van der Waals surface area contributed by atoms with Crippen LogP contribution in [0.4, 0.5) is 13.6 Å². The van der Waals surface area contributed by atoms with E-state index in [0.29, 0.717) is 5.56 Å². The van der Waals surface area contributed by atoms with E-state index in [1.165, 1.54) is 0 Å². The van der Waals surface area contributed by atoms with Crippen molar-refractivity contribution in [3.63, 3.8) is 0 Å². The zero-order valence-electron chi connectivity index (χ0n) is 13.0. The molecule has 4 nitrogen and oxygen atoms in total. The summed E-state index contributed by atoms with van der Waals surface area (Å²) in [7, 11) is 0. The molecule has 0 saturated carbocycles. The molecule has 24 heavy (non-hydrogen) atoms. The van der Waals surface area contributed by atoms with Gasteiger partial charge in [-0.1, -0.05) is 42.5 Å². The summed E-state index contributed by atoms with van der Waals surface area (Å²) in [4.78, 5) is 13.3. The van der Waals surface area contributed by atoms with Gasteiger partial charge in [-0.25, -0.2) is 13.6 Å². The lowest BCUT2D eigenvalue weighted by Gasteiger charge is -2.23. The molecule has 0 aliphatic heterocycles. The number of halogens is 2. The first-order chi connectivity index (χ1) is 11.6. The Morgan fingerprint density at radius 1 is 1.08 bits per heavy atom. The molecular weight excluding hydrogens is 312 g/mol. The van der Waals surface area contributed by atoms with Crippen LogP contribution in [-0.2, 0) is 13.1 Å². The van der Waals surface area contributed by atoms with E-state index >= 15 is 0 Å². The van der Waals surface area contributed by atoms with Gasteiger partial charge in [-0.3, -0.25) is 0 Å². The third kappa shape index (κ3) is 5.36. The highest BCUT2D eigenvalue weighted by Gasteiger charge is 2.18. The van der Waals surface area contributed by atoms with Gasteiger partial charge in [-0.15, -0.1) is 0 Å². The molecule has 0 fully saturated rings. The van der Waals surface area contributed by atoms with Crippen molar-refractivity contribution >= 4 is 6.03 Å². The maximum Gasteiger partial charge on any atom is 0.318 e. The lowest BCUT2D eigenvalue weighted by molar-refractivity contribution is 0.0956. The summed E-state index contributed by atoms with van der Waals surface area (Å²) in [5.41, 5.74) is 2.10. The molecule has 2 aromatic carbocycles. The van der Waals surface area contributed by atoms with Crippen molar-refractivity contribution in [2.45, 2.75) is 19.5 Å². The molecule has 0 aromatic heterocycles. The summed E-state index contributed by atoms with van der Waals surface area (Å²) in [5.74, 6) is 0. The van der Waals surface area contributed by atoms with Crippen LogP contribution in [0, 0.1) is 11.3 Å². The van der Waals surface area contributed by atoms with Crippen LogP contribution >= 0.6 is 0 Å². The SMILES string of the molecule is N#Cc1ccc(CNC(=O)N(Cc2ccccc2)CC(F)F)cc1. The van der Waals surface area contributed by atoms with Crippen molar-refractivity contribution in [3.8, 4) is 6.07 Å². The quantitative estimate of drug-likeness (QED) is 0.881. The molecule has 1 N–H and O–H groups in total. The van der Waals surface area contributed by atoms with Crippen LogP contribution in [0.15, 0.2) is 54.6 Å². The number of rotatable bonds is 6. The number of urea groups is 1. The summed E-state index contributed by atoms with van der Waals surface area (Å²) < 4.78 is 25.5. The van der Waals surface area contributed by atoms with E-state index in [9.17, 15) is 13.6 Å². The molecule has 0 radical (unpaired) electrons. The van der Waals surface area contributed by atoms with Gasteiger partial charge in [0.15, 0.2) is 0 Å². The Hall–Kier alpha value is -2.94. The summed E-state index contributed by atoms with van der Waals surface area (Å²) in [6.07, 6.45) is -2.60. The van der Waals surface area contributed by atoms with Gasteiger partial charge in [0.2, 0.25) is 0 Å². The van der Waals surface area contributed by atoms with Crippen molar-refractivity contribution in [1.29, 1.82) is 5.26 Å². The predicted molar refractivity (Wildman–Crippen MR) is 86.2 cm³/mol. The van der Waals surface area contributed by atoms with Gasteiger partial charge in [-0.2, -0.15) is 5.26 Å². The minimum absolute atomic E-state index is 0.115. The largest absolute Gasteiger partial charge is 0.334 e.